The molecule has 0 radical (unpaired) electrons. The molecule has 1 aliphatic rings. The summed E-state index contributed by atoms with van der Waals surface area (Å²) in [5.74, 6) is -0.472. The van der Waals surface area contributed by atoms with Crippen LogP contribution in [0, 0.1) is 0 Å². The van der Waals surface area contributed by atoms with E-state index in [9.17, 15) is 9.59 Å². The van der Waals surface area contributed by atoms with Crippen molar-refractivity contribution in [3.05, 3.63) is 34.9 Å². The van der Waals surface area contributed by atoms with E-state index in [0.29, 0.717) is 30.2 Å². The van der Waals surface area contributed by atoms with Gasteiger partial charge in [0.2, 0.25) is 0 Å². The molecule has 1 heterocycles. The molecule has 144 valence electrons. The minimum Gasteiger partial charge on any atom is -0.464 e. The second-order valence-electron chi connectivity index (χ2n) is 6.93. The van der Waals surface area contributed by atoms with Gasteiger partial charge in [0, 0.05) is 6.54 Å². The van der Waals surface area contributed by atoms with Gasteiger partial charge in [0.1, 0.15) is 6.04 Å². The van der Waals surface area contributed by atoms with Crippen LogP contribution in [-0.4, -0.2) is 36.0 Å². The van der Waals surface area contributed by atoms with Crippen LogP contribution in [0.15, 0.2) is 24.3 Å². The van der Waals surface area contributed by atoms with Crippen molar-refractivity contribution in [3.8, 4) is 0 Å². The zero-order chi connectivity index (χ0) is 18.8. The molecule has 0 spiro atoms. The Morgan fingerprint density at radius 3 is 2.54 bits per heavy atom. The third kappa shape index (κ3) is 6.01. The number of esters is 1. The molecule has 1 aromatic rings. The maximum absolute atomic E-state index is 12.7. The number of likely N-dealkylation sites (tertiary alicyclic amines) is 1. The minimum atomic E-state index is -0.483. The molecule has 0 aromatic heterocycles. The number of unbranched alkanes of at least 4 members (excludes halogenated alkanes) is 6. The normalized spacial score (nSPS) is 16.7. The Hall–Kier alpha value is -1.55. The summed E-state index contributed by atoms with van der Waals surface area (Å²) in [6.07, 6.45) is 9.74. The summed E-state index contributed by atoms with van der Waals surface area (Å²) in [7, 11) is 0. The van der Waals surface area contributed by atoms with Gasteiger partial charge in [-0.25, -0.2) is 4.79 Å². The Kier molecular flexibility index (Phi) is 8.96. The molecule has 1 aliphatic heterocycles. The maximum Gasteiger partial charge on any atom is 0.328 e. The van der Waals surface area contributed by atoms with Crippen molar-refractivity contribution < 1.29 is 14.3 Å². The van der Waals surface area contributed by atoms with Crippen LogP contribution >= 0.6 is 11.6 Å². The van der Waals surface area contributed by atoms with Crippen LogP contribution in [0.3, 0.4) is 0 Å². The van der Waals surface area contributed by atoms with Crippen molar-refractivity contribution in [1.82, 2.24) is 4.90 Å². The number of carbonyl (C=O) groups is 2. The maximum atomic E-state index is 12.7. The number of rotatable bonds is 10. The first kappa shape index (κ1) is 20.8. The summed E-state index contributed by atoms with van der Waals surface area (Å²) >= 11 is 6.12. The molecule has 0 saturated carbocycles. The summed E-state index contributed by atoms with van der Waals surface area (Å²) in [5.41, 5.74) is 0.445. The molecule has 1 amide bonds. The molecule has 1 aromatic carbocycles. The molecule has 5 heteroatoms. The molecule has 4 nitrogen and oxygen atoms in total. The van der Waals surface area contributed by atoms with Crippen LogP contribution in [0.4, 0.5) is 0 Å². The number of hydrogen-bond acceptors (Lipinski definition) is 3. The Bertz CT molecular complexity index is 590. The Morgan fingerprint density at radius 1 is 1.12 bits per heavy atom. The highest BCUT2D eigenvalue weighted by Gasteiger charge is 2.36. The number of nitrogens with zero attached hydrogens (tertiary/aromatic N) is 1. The summed E-state index contributed by atoms with van der Waals surface area (Å²) in [5, 5.41) is 0.416. The third-order valence-corrected chi connectivity index (χ3v) is 5.21. The van der Waals surface area contributed by atoms with Crippen molar-refractivity contribution in [2.75, 3.05) is 13.2 Å². The van der Waals surface area contributed by atoms with Gasteiger partial charge >= 0.3 is 5.97 Å². The topological polar surface area (TPSA) is 46.6 Å². The number of benzene rings is 1. The quantitative estimate of drug-likeness (QED) is 0.412. The van der Waals surface area contributed by atoms with E-state index in [0.717, 1.165) is 19.3 Å². The van der Waals surface area contributed by atoms with Gasteiger partial charge in [0.25, 0.3) is 5.91 Å². The predicted molar refractivity (Wildman–Crippen MR) is 104 cm³/mol. The molecule has 0 N–H and O–H groups in total. The molecule has 1 atom stereocenters. The largest absolute Gasteiger partial charge is 0.464 e. The number of carbonyl (C=O) groups excluding carboxylic acids is 2. The van der Waals surface area contributed by atoms with Crippen molar-refractivity contribution in [3.63, 3.8) is 0 Å². The van der Waals surface area contributed by atoms with Crippen LogP contribution < -0.4 is 0 Å². The molecular weight excluding hydrogens is 350 g/mol. The molecule has 1 saturated heterocycles. The average Bonchev–Trinajstić information content (AvgIpc) is 3.13. The lowest BCUT2D eigenvalue weighted by Crippen LogP contribution is -2.41. The first-order valence-electron chi connectivity index (χ1n) is 9.87. The standard InChI is InChI=1S/C21H30ClNO3/c1-2-3-4-5-6-7-10-16-26-21(25)19-14-11-15-23(19)20(24)17-12-8-9-13-18(17)22/h8-9,12-13,19H,2-7,10-11,14-16H2,1H3. The molecule has 26 heavy (non-hydrogen) atoms. The number of hydrogen-bond donors (Lipinski definition) is 0. The third-order valence-electron chi connectivity index (χ3n) is 4.88. The van der Waals surface area contributed by atoms with Gasteiger partial charge in [0.05, 0.1) is 17.2 Å². The number of halogens is 1. The van der Waals surface area contributed by atoms with Crippen LogP contribution in [-0.2, 0) is 9.53 Å². The smallest absolute Gasteiger partial charge is 0.328 e. The van der Waals surface area contributed by atoms with Crippen molar-refractivity contribution in [2.24, 2.45) is 0 Å². The summed E-state index contributed by atoms with van der Waals surface area (Å²) in [6, 6.07) is 6.48. The molecule has 2 rings (SSSR count). The Labute approximate surface area is 161 Å². The van der Waals surface area contributed by atoms with Crippen LogP contribution in [0.2, 0.25) is 5.02 Å². The first-order chi connectivity index (χ1) is 12.6. The van der Waals surface area contributed by atoms with E-state index < -0.39 is 6.04 Å². The van der Waals surface area contributed by atoms with Gasteiger partial charge in [0.15, 0.2) is 0 Å². The fourth-order valence-electron chi connectivity index (χ4n) is 3.37. The van der Waals surface area contributed by atoms with Crippen LogP contribution in [0.5, 0.6) is 0 Å². The van der Waals surface area contributed by atoms with E-state index in [2.05, 4.69) is 6.92 Å². The van der Waals surface area contributed by atoms with E-state index in [-0.39, 0.29) is 11.9 Å². The molecule has 1 unspecified atom stereocenters. The van der Waals surface area contributed by atoms with E-state index in [4.69, 9.17) is 16.3 Å². The predicted octanol–water partition coefficient (Wildman–Crippen LogP) is 5.24. The molecular formula is C21H30ClNO3. The van der Waals surface area contributed by atoms with E-state index in [1.165, 1.54) is 32.1 Å². The Balaban J connectivity index is 1.76. The first-order valence-corrected chi connectivity index (χ1v) is 10.2. The zero-order valence-electron chi connectivity index (χ0n) is 15.7. The molecule has 0 bridgehead atoms. The van der Waals surface area contributed by atoms with E-state index >= 15 is 0 Å². The second-order valence-corrected chi connectivity index (χ2v) is 7.33. The molecule has 1 fully saturated rings. The minimum absolute atomic E-state index is 0.189. The highest BCUT2D eigenvalue weighted by atomic mass is 35.5. The zero-order valence-corrected chi connectivity index (χ0v) is 16.5. The lowest BCUT2D eigenvalue weighted by atomic mass is 10.1. The van der Waals surface area contributed by atoms with Gasteiger partial charge in [-0.1, -0.05) is 69.2 Å². The number of ether oxygens (including phenoxy) is 1. The molecule has 0 aliphatic carbocycles. The van der Waals surface area contributed by atoms with Gasteiger partial charge < -0.3 is 9.64 Å². The van der Waals surface area contributed by atoms with Gasteiger partial charge in [-0.15, -0.1) is 0 Å². The second kappa shape index (κ2) is 11.2. The lowest BCUT2D eigenvalue weighted by molar-refractivity contribution is -0.148. The van der Waals surface area contributed by atoms with Crippen molar-refractivity contribution >= 4 is 23.5 Å². The van der Waals surface area contributed by atoms with Gasteiger partial charge in [-0.2, -0.15) is 0 Å². The summed E-state index contributed by atoms with van der Waals surface area (Å²) in [4.78, 5) is 26.7. The fraction of sp³-hybridized carbons (Fsp3) is 0.619. The van der Waals surface area contributed by atoms with Crippen molar-refractivity contribution in [1.29, 1.82) is 0 Å². The van der Waals surface area contributed by atoms with Gasteiger partial charge in [-0.05, 0) is 31.4 Å². The van der Waals surface area contributed by atoms with E-state index in [1.54, 1.807) is 29.2 Å². The highest BCUT2D eigenvalue weighted by Crippen LogP contribution is 2.24. The summed E-state index contributed by atoms with van der Waals surface area (Å²) in [6.45, 7) is 3.22. The number of amides is 1. The Morgan fingerprint density at radius 2 is 1.81 bits per heavy atom. The lowest BCUT2D eigenvalue weighted by Gasteiger charge is -2.23. The van der Waals surface area contributed by atoms with Crippen molar-refractivity contribution in [2.45, 2.75) is 70.8 Å². The monoisotopic (exact) mass is 379 g/mol. The summed E-state index contributed by atoms with van der Waals surface area (Å²) < 4.78 is 5.43. The highest BCUT2D eigenvalue weighted by molar-refractivity contribution is 6.33. The average molecular weight is 380 g/mol. The van der Waals surface area contributed by atoms with Gasteiger partial charge in [-0.3, -0.25) is 4.79 Å². The van der Waals surface area contributed by atoms with Crippen LogP contribution in [0.25, 0.3) is 0 Å². The van der Waals surface area contributed by atoms with E-state index in [1.807, 2.05) is 0 Å². The fourth-order valence-corrected chi connectivity index (χ4v) is 3.59. The SMILES string of the molecule is CCCCCCCCCOC(=O)C1CCCN1C(=O)c1ccccc1Cl. The van der Waals surface area contributed by atoms with Crippen LogP contribution in [0.1, 0.15) is 75.1 Å².